The zero-order valence-electron chi connectivity index (χ0n) is 11.9. The van der Waals surface area contributed by atoms with Gasteiger partial charge in [0.1, 0.15) is 0 Å². The molecule has 1 aliphatic rings. The minimum atomic E-state index is 0. The summed E-state index contributed by atoms with van der Waals surface area (Å²) in [6.45, 7) is 3.52. The number of likely N-dealkylation sites (tertiary alicyclic amines) is 1. The maximum Gasteiger partial charge on any atom is 0.233 e. The molecule has 112 valence electrons. The molecule has 20 heavy (non-hydrogen) atoms. The van der Waals surface area contributed by atoms with E-state index in [0.717, 1.165) is 24.3 Å². The van der Waals surface area contributed by atoms with Gasteiger partial charge in [-0.1, -0.05) is 17.7 Å². The minimum absolute atomic E-state index is 0. The number of benzene rings is 1. The summed E-state index contributed by atoms with van der Waals surface area (Å²) in [5.41, 5.74) is 7.00. The molecule has 1 atom stereocenters. The molecule has 0 spiro atoms. The quantitative estimate of drug-likeness (QED) is 0.869. The summed E-state index contributed by atoms with van der Waals surface area (Å²) >= 11 is 1.61. The summed E-state index contributed by atoms with van der Waals surface area (Å²) in [6.07, 6.45) is 3.35. The number of hydrogen-bond acceptors (Lipinski definition) is 3. The van der Waals surface area contributed by atoms with E-state index in [1.807, 2.05) is 4.90 Å². The highest BCUT2D eigenvalue weighted by molar-refractivity contribution is 8.00. The molecular formula is C15H23ClN2OS. The van der Waals surface area contributed by atoms with E-state index in [0.29, 0.717) is 12.3 Å². The van der Waals surface area contributed by atoms with Gasteiger partial charge in [-0.3, -0.25) is 4.79 Å². The van der Waals surface area contributed by atoms with Crippen LogP contribution in [0.2, 0.25) is 0 Å². The molecule has 1 aliphatic heterocycles. The van der Waals surface area contributed by atoms with E-state index in [1.165, 1.54) is 12.0 Å². The van der Waals surface area contributed by atoms with Gasteiger partial charge in [-0.05, 0) is 38.3 Å². The number of rotatable bonds is 4. The Bertz CT molecular complexity index is 424. The first-order valence-corrected chi connectivity index (χ1v) is 7.88. The van der Waals surface area contributed by atoms with Gasteiger partial charge in [0.15, 0.2) is 0 Å². The van der Waals surface area contributed by atoms with Crippen LogP contribution in [0.1, 0.15) is 24.8 Å². The lowest BCUT2D eigenvalue weighted by Gasteiger charge is -2.35. The van der Waals surface area contributed by atoms with Crippen LogP contribution >= 0.6 is 24.2 Å². The molecule has 1 aromatic carbocycles. The minimum Gasteiger partial charge on any atom is -0.338 e. The summed E-state index contributed by atoms with van der Waals surface area (Å²) in [7, 11) is 0. The van der Waals surface area contributed by atoms with Gasteiger partial charge in [-0.2, -0.15) is 0 Å². The van der Waals surface area contributed by atoms with Crippen LogP contribution in [0.4, 0.5) is 0 Å². The molecule has 2 rings (SSSR count). The SMILES string of the molecule is Cc1ccc(SCC(=O)N2CCCCC2CN)cc1.Cl. The van der Waals surface area contributed by atoms with Crippen LogP contribution in [0.25, 0.3) is 0 Å². The van der Waals surface area contributed by atoms with E-state index in [9.17, 15) is 4.79 Å². The molecule has 0 radical (unpaired) electrons. The molecule has 1 aromatic rings. The van der Waals surface area contributed by atoms with Crippen molar-refractivity contribution in [1.82, 2.24) is 4.90 Å². The van der Waals surface area contributed by atoms with Crippen LogP contribution in [0.3, 0.4) is 0 Å². The predicted octanol–water partition coefficient (Wildman–Crippen LogP) is 2.85. The molecule has 0 aliphatic carbocycles. The Morgan fingerprint density at radius 3 is 2.70 bits per heavy atom. The van der Waals surface area contributed by atoms with Gasteiger partial charge in [0.05, 0.1) is 5.75 Å². The van der Waals surface area contributed by atoms with E-state index in [-0.39, 0.29) is 24.4 Å². The van der Waals surface area contributed by atoms with Crippen molar-refractivity contribution in [1.29, 1.82) is 0 Å². The molecular weight excluding hydrogens is 292 g/mol. The first kappa shape index (κ1) is 17.3. The van der Waals surface area contributed by atoms with Gasteiger partial charge >= 0.3 is 0 Å². The Labute approximate surface area is 131 Å². The molecule has 3 nitrogen and oxygen atoms in total. The number of amides is 1. The standard InChI is InChI=1S/C15H22N2OS.ClH/c1-12-5-7-14(8-6-12)19-11-15(18)17-9-3-2-4-13(17)10-16;/h5-8,13H,2-4,9-11,16H2,1H3;1H. The monoisotopic (exact) mass is 314 g/mol. The molecule has 1 unspecified atom stereocenters. The van der Waals surface area contributed by atoms with Crippen LogP contribution in [-0.4, -0.2) is 35.7 Å². The number of aryl methyl sites for hydroxylation is 1. The smallest absolute Gasteiger partial charge is 0.233 e. The summed E-state index contributed by atoms with van der Waals surface area (Å²) in [5.74, 6) is 0.736. The maximum atomic E-state index is 12.3. The highest BCUT2D eigenvalue weighted by Gasteiger charge is 2.25. The molecule has 0 saturated carbocycles. The second kappa shape index (κ2) is 8.55. The van der Waals surface area contributed by atoms with Crippen molar-refractivity contribution < 1.29 is 4.79 Å². The highest BCUT2D eigenvalue weighted by atomic mass is 35.5. The summed E-state index contributed by atoms with van der Waals surface area (Å²) in [6, 6.07) is 8.56. The van der Waals surface area contributed by atoms with Crippen molar-refractivity contribution in [3.8, 4) is 0 Å². The first-order chi connectivity index (χ1) is 9.20. The number of thioether (sulfide) groups is 1. The van der Waals surface area contributed by atoms with E-state index in [4.69, 9.17) is 5.73 Å². The van der Waals surface area contributed by atoms with E-state index < -0.39 is 0 Å². The van der Waals surface area contributed by atoms with Gasteiger partial charge in [0.25, 0.3) is 0 Å². The lowest BCUT2D eigenvalue weighted by Crippen LogP contribution is -2.48. The maximum absolute atomic E-state index is 12.3. The second-order valence-corrected chi connectivity index (χ2v) is 6.12. The van der Waals surface area contributed by atoms with Gasteiger partial charge < -0.3 is 10.6 Å². The van der Waals surface area contributed by atoms with Crippen molar-refractivity contribution in [3.63, 3.8) is 0 Å². The van der Waals surface area contributed by atoms with Crippen molar-refractivity contribution in [2.24, 2.45) is 5.73 Å². The molecule has 2 N–H and O–H groups in total. The van der Waals surface area contributed by atoms with Crippen molar-refractivity contribution in [2.75, 3.05) is 18.8 Å². The van der Waals surface area contributed by atoms with E-state index in [1.54, 1.807) is 11.8 Å². The zero-order chi connectivity index (χ0) is 13.7. The number of hydrogen-bond donors (Lipinski definition) is 1. The van der Waals surface area contributed by atoms with Crippen LogP contribution in [-0.2, 0) is 4.79 Å². The van der Waals surface area contributed by atoms with Gasteiger partial charge in [0, 0.05) is 24.0 Å². The predicted molar refractivity (Wildman–Crippen MR) is 87.6 cm³/mol. The highest BCUT2D eigenvalue weighted by Crippen LogP contribution is 2.21. The average Bonchev–Trinajstić information content (AvgIpc) is 2.46. The Balaban J connectivity index is 0.00000200. The third-order valence-electron chi connectivity index (χ3n) is 3.60. The fourth-order valence-corrected chi connectivity index (χ4v) is 3.22. The Morgan fingerprint density at radius 2 is 2.05 bits per heavy atom. The van der Waals surface area contributed by atoms with Crippen LogP contribution in [0.15, 0.2) is 29.2 Å². The normalized spacial score (nSPS) is 18.5. The average molecular weight is 315 g/mol. The first-order valence-electron chi connectivity index (χ1n) is 6.89. The third kappa shape index (κ3) is 4.69. The number of nitrogens with zero attached hydrogens (tertiary/aromatic N) is 1. The Hall–Kier alpha value is -0.710. The number of carbonyl (C=O) groups excluding carboxylic acids is 1. The van der Waals surface area contributed by atoms with E-state index >= 15 is 0 Å². The Kier molecular flexibility index (Phi) is 7.41. The molecule has 1 heterocycles. The number of nitrogens with two attached hydrogens (primary N) is 1. The van der Waals surface area contributed by atoms with Crippen LogP contribution < -0.4 is 5.73 Å². The lowest BCUT2D eigenvalue weighted by molar-refractivity contribution is -0.131. The zero-order valence-corrected chi connectivity index (χ0v) is 13.5. The van der Waals surface area contributed by atoms with Crippen molar-refractivity contribution in [2.45, 2.75) is 37.1 Å². The fourth-order valence-electron chi connectivity index (χ4n) is 2.44. The van der Waals surface area contributed by atoms with Crippen molar-refractivity contribution in [3.05, 3.63) is 29.8 Å². The topological polar surface area (TPSA) is 46.3 Å². The Morgan fingerprint density at radius 1 is 1.35 bits per heavy atom. The number of carbonyl (C=O) groups is 1. The van der Waals surface area contributed by atoms with Crippen LogP contribution in [0, 0.1) is 6.92 Å². The molecule has 1 fully saturated rings. The molecule has 5 heteroatoms. The molecule has 0 bridgehead atoms. The second-order valence-electron chi connectivity index (χ2n) is 5.07. The van der Waals surface area contributed by atoms with Crippen LogP contribution in [0.5, 0.6) is 0 Å². The van der Waals surface area contributed by atoms with Crippen molar-refractivity contribution >= 4 is 30.1 Å². The van der Waals surface area contributed by atoms with Gasteiger partial charge in [-0.15, -0.1) is 24.2 Å². The summed E-state index contributed by atoms with van der Waals surface area (Å²) < 4.78 is 0. The third-order valence-corrected chi connectivity index (χ3v) is 4.60. The summed E-state index contributed by atoms with van der Waals surface area (Å²) in [4.78, 5) is 15.4. The molecule has 1 amide bonds. The molecule has 1 saturated heterocycles. The van der Waals surface area contributed by atoms with Gasteiger partial charge in [0.2, 0.25) is 5.91 Å². The summed E-state index contributed by atoms with van der Waals surface area (Å²) in [5, 5.41) is 0. The molecule has 0 aromatic heterocycles. The van der Waals surface area contributed by atoms with Gasteiger partial charge in [-0.25, -0.2) is 0 Å². The fraction of sp³-hybridized carbons (Fsp3) is 0.533. The lowest BCUT2D eigenvalue weighted by atomic mass is 10.0. The van der Waals surface area contributed by atoms with E-state index in [2.05, 4.69) is 31.2 Å². The number of piperidine rings is 1. The largest absolute Gasteiger partial charge is 0.338 e. The number of halogens is 1.